The van der Waals surface area contributed by atoms with Crippen LogP contribution in [0.15, 0.2) is 0 Å². The zero-order chi connectivity index (χ0) is 12.3. The first-order valence-corrected chi connectivity index (χ1v) is 8.83. The second-order valence-electron chi connectivity index (χ2n) is 5.85. The number of nitrogens with one attached hydrogen (secondary N) is 1. The van der Waals surface area contributed by atoms with E-state index in [1.165, 1.54) is 25.7 Å². The van der Waals surface area contributed by atoms with Crippen molar-refractivity contribution in [1.29, 1.82) is 0 Å². The van der Waals surface area contributed by atoms with Gasteiger partial charge in [-0.3, -0.25) is 0 Å². The molecular formula is C13H25NO2S. The Balaban J connectivity index is 1.65. The highest BCUT2D eigenvalue weighted by atomic mass is 32.2. The summed E-state index contributed by atoms with van der Waals surface area (Å²) in [4.78, 5) is 0. The number of sulfone groups is 1. The minimum atomic E-state index is -2.83. The van der Waals surface area contributed by atoms with Crippen LogP contribution >= 0.6 is 0 Å². The quantitative estimate of drug-likeness (QED) is 0.760. The van der Waals surface area contributed by atoms with Gasteiger partial charge in [-0.05, 0) is 44.4 Å². The van der Waals surface area contributed by atoms with Crippen LogP contribution in [0.1, 0.15) is 45.4 Å². The molecule has 3 nitrogen and oxygen atoms in total. The lowest BCUT2D eigenvalue weighted by molar-refractivity contribution is 0.506. The van der Waals surface area contributed by atoms with E-state index in [0.717, 1.165) is 18.8 Å². The summed E-state index contributed by atoms with van der Waals surface area (Å²) in [6, 6.07) is 0.497. The number of rotatable bonds is 7. The van der Waals surface area contributed by atoms with Gasteiger partial charge in [0.05, 0.1) is 11.5 Å². The van der Waals surface area contributed by atoms with Gasteiger partial charge in [-0.2, -0.15) is 0 Å². The lowest BCUT2D eigenvalue weighted by Gasteiger charge is -2.14. The summed E-state index contributed by atoms with van der Waals surface area (Å²) in [5, 5.41) is 3.35. The standard InChI is InChI=1S/C13H25NO2S/c1-11(13-6-7-13)14-8-9-17(15,16)10-12-4-2-3-5-12/h11-14H,2-10H2,1H3. The molecule has 0 radical (unpaired) electrons. The number of hydrogen-bond donors (Lipinski definition) is 1. The van der Waals surface area contributed by atoms with E-state index in [-0.39, 0.29) is 0 Å². The Hall–Kier alpha value is -0.0900. The molecule has 0 aromatic rings. The van der Waals surface area contributed by atoms with E-state index in [9.17, 15) is 8.42 Å². The van der Waals surface area contributed by atoms with Gasteiger partial charge in [0, 0.05) is 12.6 Å². The Labute approximate surface area is 105 Å². The number of hydrogen-bond acceptors (Lipinski definition) is 3. The van der Waals surface area contributed by atoms with Gasteiger partial charge < -0.3 is 5.32 Å². The Morgan fingerprint density at radius 3 is 2.41 bits per heavy atom. The van der Waals surface area contributed by atoms with Crippen molar-refractivity contribution in [2.24, 2.45) is 11.8 Å². The van der Waals surface area contributed by atoms with Crippen LogP contribution in [0.5, 0.6) is 0 Å². The van der Waals surface area contributed by atoms with Crippen molar-refractivity contribution in [3.63, 3.8) is 0 Å². The monoisotopic (exact) mass is 259 g/mol. The van der Waals surface area contributed by atoms with Crippen molar-refractivity contribution < 1.29 is 8.42 Å². The SMILES string of the molecule is CC(NCCS(=O)(=O)CC1CCCC1)C1CC1. The second kappa shape index (κ2) is 5.70. The van der Waals surface area contributed by atoms with Gasteiger partial charge in [0.15, 0.2) is 9.84 Å². The summed E-state index contributed by atoms with van der Waals surface area (Å²) in [6.45, 7) is 2.80. The third-order valence-electron chi connectivity index (χ3n) is 4.17. The lowest BCUT2D eigenvalue weighted by Crippen LogP contribution is -2.33. The van der Waals surface area contributed by atoms with Crippen molar-refractivity contribution in [3.8, 4) is 0 Å². The molecule has 2 aliphatic carbocycles. The van der Waals surface area contributed by atoms with E-state index >= 15 is 0 Å². The molecule has 0 amide bonds. The van der Waals surface area contributed by atoms with Crippen molar-refractivity contribution in [3.05, 3.63) is 0 Å². The van der Waals surface area contributed by atoms with E-state index in [1.54, 1.807) is 0 Å². The normalized spacial score (nSPS) is 24.1. The average molecular weight is 259 g/mol. The zero-order valence-electron chi connectivity index (χ0n) is 10.8. The largest absolute Gasteiger partial charge is 0.313 e. The maximum atomic E-state index is 11.9. The Morgan fingerprint density at radius 2 is 1.82 bits per heavy atom. The van der Waals surface area contributed by atoms with Crippen LogP contribution in [-0.4, -0.2) is 32.5 Å². The molecular weight excluding hydrogens is 234 g/mol. The molecule has 1 N–H and O–H groups in total. The summed E-state index contributed by atoms with van der Waals surface area (Å²) in [7, 11) is -2.83. The maximum Gasteiger partial charge on any atom is 0.151 e. The van der Waals surface area contributed by atoms with E-state index in [4.69, 9.17) is 0 Å². The van der Waals surface area contributed by atoms with E-state index in [1.807, 2.05) is 0 Å². The first kappa shape index (κ1) is 13.3. The summed E-state index contributed by atoms with van der Waals surface area (Å²) in [6.07, 6.45) is 7.29. The Kier molecular flexibility index (Phi) is 4.47. The molecule has 0 bridgehead atoms. The molecule has 0 aromatic carbocycles. The van der Waals surface area contributed by atoms with Crippen LogP contribution < -0.4 is 5.32 Å². The molecule has 0 spiro atoms. The van der Waals surface area contributed by atoms with Crippen molar-refractivity contribution >= 4 is 9.84 Å². The fraction of sp³-hybridized carbons (Fsp3) is 1.00. The van der Waals surface area contributed by atoms with Gasteiger partial charge in [-0.15, -0.1) is 0 Å². The van der Waals surface area contributed by atoms with Crippen molar-refractivity contribution in [2.45, 2.75) is 51.5 Å². The molecule has 1 atom stereocenters. The molecule has 0 aliphatic heterocycles. The van der Waals surface area contributed by atoms with Gasteiger partial charge in [-0.25, -0.2) is 8.42 Å². The molecule has 4 heteroatoms. The molecule has 2 aliphatic rings. The summed E-state index contributed by atoms with van der Waals surface area (Å²) in [5.41, 5.74) is 0. The van der Waals surface area contributed by atoms with E-state index in [2.05, 4.69) is 12.2 Å². The topological polar surface area (TPSA) is 46.2 Å². The van der Waals surface area contributed by atoms with Crippen LogP contribution in [0.3, 0.4) is 0 Å². The Bertz CT molecular complexity index is 329. The molecule has 2 rings (SSSR count). The van der Waals surface area contributed by atoms with Crippen molar-refractivity contribution in [1.82, 2.24) is 5.32 Å². The minimum Gasteiger partial charge on any atom is -0.313 e. The van der Waals surface area contributed by atoms with Gasteiger partial charge >= 0.3 is 0 Å². The molecule has 0 heterocycles. The highest BCUT2D eigenvalue weighted by Crippen LogP contribution is 2.32. The first-order valence-electron chi connectivity index (χ1n) is 7.00. The predicted molar refractivity (Wildman–Crippen MR) is 70.8 cm³/mol. The zero-order valence-corrected chi connectivity index (χ0v) is 11.6. The average Bonchev–Trinajstić information content (AvgIpc) is 2.99. The fourth-order valence-corrected chi connectivity index (χ4v) is 4.47. The second-order valence-corrected chi connectivity index (χ2v) is 8.07. The van der Waals surface area contributed by atoms with Crippen LogP contribution in [-0.2, 0) is 9.84 Å². The summed E-state index contributed by atoms with van der Waals surface area (Å²) >= 11 is 0. The Morgan fingerprint density at radius 1 is 1.18 bits per heavy atom. The fourth-order valence-electron chi connectivity index (χ4n) is 2.82. The molecule has 0 saturated heterocycles. The molecule has 17 heavy (non-hydrogen) atoms. The van der Waals surface area contributed by atoms with E-state index in [0.29, 0.717) is 30.0 Å². The van der Waals surface area contributed by atoms with Crippen LogP contribution in [0.2, 0.25) is 0 Å². The van der Waals surface area contributed by atoms with Crippen LogP contribution in [0.25, 0.3) is 0 Å². The summed E-state index contributed by atoms with van der Waals surface area (Å²) in [5.74, 6) is 1.99. The maximum absolute atomic E-state index is 11.9. The highest BCUT2D eigenvalue weighted by Gasteiger charge is 2.28. The van der Waals surface area contributed by atoms with Crippen LogP contribution in [0.4, 0.5) is 0 Å². The lowest BCUT2D eigenvalue weighted by atomic mass is 10.1. The van der Waals surface area contributed by atoms with Crippen molar-refractivity contribution in [2.75, 3.05) is 18.1 Å². The minimum absolute atomic E-state index is 0.320. The molecule has 1 unspecified atom stereocenters. The van der Waals surface area contributed by atoms with E-state index < -0.39 is 9.84 Å². The first-order chi connectivity index (χ1) is 8.07. The van der Waals surface area contributed by atoms with Gasteiger partial charge in [0.25, 0.3) is 0 Å². The van der Waals surface area contributed by atoms with Gasteiger partial charge in [-0.1, -0.05) is 12.8 Å². The third kappa shape index (κ3) is 4.59. The molecule has 100 valence electrons. The smallest absolute Gasteiger partial charge is 0.151 e. The van der Waals surface area contributed by atoms with Gasteiger partial charge in [0.1, 0.15) is 0 Å². The molecule has 0 aromatic heterocycles. The van der Waals surface area contributed by atoms with Crippen LogP contribution in [0, 0.1) is 11.8 Å². The summed E-state index contributed by atoms with van der Waals surface area (Å²) < 4.78 is 23.8. The third-order valence-corrected chi connectivity index (χ3v) is 5.98. The van der Waals surface area contributed by atoms with Gasteiger partial charge in [0.2, 0.25) is 0 Å². The molecule has 2 saturated carbocycles. The molecule has 2 fully saturated rings. The highest BCUT2D eigenvalue weighted by molar-refractivity contribution is 7.91. The predicted octanol–water partition coefficient (Wildman–Crippen LogP) is 1.98.